The maximum absolute atomic E-state index is 12.9. The van der Waals surface area contributed by atoms with Crippen LogP contribution in [0.4, 0.5) is 5.69 Å². The number of rotatable bonds is 5. The van der Waals surface area contributed by atoms with Crippen molar-refractivity contribution in [2.45, 2.75) is 38.0 Å². The van der Waals surface area contributed by atoms with Gasteiger partial charge in [-0.05, 0) is 44.0 Å². The fourth-order valence-corrected chi connectivity index (χ4v) is 4.40. The number of carbonyl (C=O) groups excluding carboxylic acids is 1. The lowest BCUT2D eigenvalue weighted by Gasteiger charge is -2.22. The normalized spacial score (nSPS) is 15.8. The Balaban J connectivity index is 1.51. The van der Waals surface area contributed by atoms with Gasteiger partial charge in [0.15, 0.2) is 11.0 Å². The van der Waals surface area contributed by atoms with E-state index in [1.165, 1.54) is 17.3 Å². The van der Waals surface area contributed by atoms with E-state index < -0.39 is 0 Å². The Bertz CT molecular complexity index is 956. The first kappa shape index (κ1) is 17.7. The summed E-state index contributed by atoms with van der Waals surface area (Å²) in [7, 11) is 0. The SMILES string of the molecule is CCn1c(SCC(=O)N2c3ccccc3C[C@H]2C)nnc1-c1ccncc1. The molecular formula is C20H21N5OS. The average Bonchev–Trinajstić information content (AvgIpc) is 3.26. The Morgan fingerprint density at radius 2 is 1.96 bits per heavy atom. The zero-order valence-corrected chi connectivity index (χ0v) is 16.2. The molecule has 27 heavy (non-hydrogen) atoms. The number of aromatic nitrogens is 4. The quantitative estimate of drug-likeness (QED) is 0.636. The number of pyridine rings is 1. The van der Waals surface area contributed by atoms with Crippen LogP contribution < -0.4 is 4.90 Å². The number of thioether (sulfide) groups is 1. The van der Waals surface area contributed by atoms with Gasteiger partial charge >= 0.3 is 0 Å². The van der Waals surface area contributed by atoms with Crippen molar-refractivity contribution in [2.24, 2.45) is 0 Å². The highest BCUT2D eigenvalue weighted by Gasteiger charge is 2.30. The maximum Gasteiger partial charge on any atom is 0.237 e. The molecule has 1 aromatic carbocycles. The number of amides is 1. The van der Waals surface area contributed by atoms with Crippen molar-refractivity contribution in [3.05, 3.63) is 54.4 Å². The lowest BCUT2D eigenvalue weighted by molar-refractivity contribution is -0.116. The third-order valence-corrected chi connectivity index (χ3v) is 5.72. The number of benzene rings is 1. The van der Waals surface area contributed by atoms with Crippen LogP contribution >= 0.6 is 11.8 Å². The van der Waals surface area contributed by atoms with E-state index in [9.17, 15) is 4.79 Å². The van der Waals surface area contributed by atoms with Gasteiger partial charge in [-0.15, -0.1) is 10.2 Å². The number of anilines is 1. The van der Waals surface area contributed by atoms with Crippen molar-refractivity contribution in [3.63, 3.8) is 0 Å². The van der Waals surface area contributed by atoms with Crippen LogP contribution in [0.5, 0.6) is 0 Å². The minimum atomic E-state index is 0.105. The molecular weight excluding hydrogens is 358 g/mol. The smallest absolute Gasteiger partial charge is 0.237 e. The molecule has 3 aromatic rings. The van der Waals surface area contributed by atoms with Crippen LogP contribution in [0.25, 0.3) is 11.4 Å². The molecule has 138 valence electrons. The predicted molar refractivity (Wildman–Crippen MR) is 107 cm³/mol. The average molecular weight is 379 g/mol. The molecule has 7 heteroatoms. The van der Waals surface area contributed by atoms with E-state index in [4.69, 9.17) is 0 Å². The number of para-hydroxylation sites is 1. The standard InChI is InChI=1S/C20H21N5OS/c1-3-24-19(15-8-10-21-11-9-15)22-23-20(24)27-13-18(26)25-14(2)12-16-6-4-5-7-17(16)25/h4-11,14H,3,12-13H2,1-2H3/t14-/m1/s1. The van der Waals surface area contributed by atoms with Gasteiger partial charge < -0.3 is 9.47 Å². The second-order valence-electron chi connectivity index (χ2n) is 6.52. The van der Waals surface area contributed by atoms with Crippen LogP contribution in [-0.4, -0.2) is 37.5 Å². The highest BCUT2D eigenvalue weighted by molar-refractivity contribution is 7.99. The van der Waals surface area contributed by atoms with Crippen molar-refractivity contribution in [1.82, 2.24) is 19.7 Å². The summed E-state index contributed by atoms with van der Waals surface area (Å²) in [5, 5.41) is 9.39. The van der Waals surface area contributed by atoms with Gasteiger partial charge in [-0.25, -0.2) is 0 Å². The number of fused-ring (bicyclic) bond motifs is 1. The summed E-state index contributed by atoms with van der Waals surface area (Å²) in [4.78, 5) is 18.9. The number of hydrogen-bond donors (Lipinski definition) is 0. The Morgan fingerprint density at radius 3 is 2.74 bits per heavy atom. The first-order valence-electron chi connectivity index (χ1n) is 9.05. The zero-order chi connectivity index (χ0) is 18.8. The van der Waals surface area contributed by atoms with E-state index in [0.29, 0.717) is 5.75 Å². The van der Waals surface area contributed by atoms with Gasteiger partial charge in [0.2, 0.25) is 5.91 Å². The third kappa shape index (κ3) is 3.35. The largest absolute Gasteiger partial charge is 0.308 e. The van der Waals surface area contributed by atoms with Gasteiger partial charge in [0, 0.05) is 36.2 Å². The molecule has 2 aromatic heterocycles. The number of carbonyl (C=O) groups is 1. The monoisotopic (exact) mass is 379 g/mol. The molecule has 1 atom stereocenters. The maximum atomic E-state index is 12.9. The van der Waals surface area contributed by atoms with Crippen LogP contribution in [0.3, 0.4) is 0 Å². The topological polar surface area (TPSA) is 63.9 Å². The Kier molecular flexibility index (Phi) is 4.94. The summed E-state index contributed by atoms with van der Waals surface area (Å²) in [6.07, 6.45) is 4.39. The zero-order valence-electron chi connectivity index (χ0n) is 15.4. The minimum Gasteiger partial charge on any atom is -0.308 e. The molecule has 0 N–H and O–H groups in total. The van der Waals surface area contributed by atoms with E-state index in [1.807, 2.05) is 39.8 Å². The van der Waals surface area contributed by atoms with Crippen LogP contribution in [0.15, 0.2) is 53.9 Å². The van der Waals surface area contributed by atoms with E-state index in [1.54, 1.807) is 12.4 Å². The molecule has 1 aliphatic rings. The summed E-state index contributed by atoms with van der Waals surface area (Å²) in [5.41, 5.74) is 3.24. The van der Waals surface area contributed by atoms with Crippen LogP contribution in [0.1, 0.15) is 19.4 Å². The lowest BCUT2D eigenvalue weighted by atomic mass is 10.1. The fourth-order valence-electron chi connectivity index (χ4n) is 3.54. The predicted octanol–water partition coefficient (Wildman–Crippen LogP) is 3.43. The number of nitrogens with zero attached hydrogens (tertiary/aromatic N) is 5. The highest BCUT2D eigenvalue weighted by atomic mass is 32.2. The molecule has 6 nitrogen and oxygen atoms in total. The van der Waals surface area contributed by atoms with E-state index in [0.717, 1.165) is 35.2 Å². The minimum absolute atomic E-state index is 0.105. The molecule has 0 saturated heterocycles. The summed E-state index contributed by atoms with van der Waals surface area (Å²) < 4.78 is 2.04. The van der Waals surface area contributed by atoms with Crippen molar-refractivity contribution < 1.29 is 4.79 Å². The Hall–Kier alpha value is -2.67. The number of hydrogen-bond acceptors (Lipinski definition) is 5. The Morgan fingerprint density at radius 1 is 1.19 bits per heavy atom. The van der Waals surface area contributed by atoms with Crippen LogP contribution in [0.2, 0.25) is 0 Å². The molecule has 0 aliphatic carbocycles. The first-order valence-corrected chi connectivity index (χ1v) is 10.0. The van der Waals surface area contributed by atoms with E-state index in [-0.39, 0.29) is 11.9 Å². The summed E-state index contributed by atoms with van der Waals surface area (Å²) in [5.74, 6) is 1.25. The Labute approximate surface area is 162 Å². The molecule has 0 radical (unpaired) electrons. The molecule has 0 saturated carbocycles. The van der Waals surface area contributed by atoms with Gasteiger partial charge in [-0.2, -0.15) is 0 Å². The summed E-state index contributed by atoms with van der Waals surface area (Å²) >= 11 is 1.44. The fraction of sp³-hybridized carbons (Fsp3) is 0.300. The first-order chi connectivity index (χ1) is 13.2. The van der Waals surface area contributed by atoms with Gasteiger partial charge in [-0.3, -0.25) is 9.78 Å². The van der Waals surface area contributed by atoms with E-state index >= 15 is 0 Å². The summed E-state index contributed by atoms with van der Waals surface area (Å²) in [6.45, 7) is 4.89. The second-order valence-corrected chi connectivity index (χ2v) is 7.46. The van der Waals surface area contributed by atoms with Gasteiger partial charge in [0.05, 0.1) is 5.75 Å². The molecule has 0 bridgehead atoms. The van der Waals surface area contributed by atoms with Gasteiger partial charge in [0.1, 0.15) is 0 Å². The molecule has 4 rings (SSSR count). The van der Waals surface area contributed by atoms with E-state index in [2.05, 4.69) is 35.1 Å². The molecule has 3 heterocycles. The van der Waals surface area contributed by atoms with Crippen LogP contribution in [-0.2, 0) is 17.8 Å². The van der Waals surface area contributed by atoms with Gasteiger partial charge in [0.25, 0.3) is 0 Å². The van der Waals surface area contributed by atoms with Crippen molar-refractivity contribution in [1.29, 1.82) is 0 Å². The van der Waals surface area contributed by atoms with Gasteiger partial charge in [-0.1, -0.05) is 30.0 Å². The second kappa shape index (κ2) is 7.52. The molecule has 0 fully saturated rings. The molecule has 1 aliphatic heterocycles. The highest BCUT2D eigenvalue weighted by Crippen LogP contribution is 2.33. The lowest BCUT2D eigenvalue weighted by Crippen LogP contribution is -2.37. The molecule has 0 unspecified atom stereocenters. The third-order valence-electron chi connectivity index (χ3n) is 4.77. The molecule has 0 spiro atoms. The van der Waals surface area contributed by atoms with Crippen molar-refractivity contribution in [2.75, 3.05) is 10.7 Å². The van der Waals surface area contributed by atoms with Crippen LogP contribution in [0, 0.1) is 0 Å². The molecule has 1 amide bonds. The van der Waals surface area contributed by atoms with Crippen molar-refractivity contribution in [3.8, 4) is 11.4 Å². The summed E-state index contributed by atoms with van der Waals surface area (Å²) in [6, 6.07) is 12.2. The van der Waals surface area contributed by atoms with Crippen molar-refractivity contribution >= 4 is 23.4 Å².